The number of hydrogen-bond donors (Lipinski definition) is 1. The highest BCUT2D eigenvalue weighted by Gasteiger charge is 2.31. The number of ether oxygens (including phenoxy) is 3. The molecule has 1 aromatic rings. The Balaban J connectivity index is 1.43. The lowest BCUT2D eigenvalue weighted by Gasteiger charge is -2.29. The number of nitrogens with zero attached hydrogens (tertiary/aromatic N) is 3. The second-order valence-electron chi connectivity index (χ2n) is 7.47. The van der Waals surface area contributed by atoms with Gasteiger partial charge in [-0.3, -0.25) is 4.90 Å². The molecule has 2 heterocycles. The van der Waals surface area contributed by atoms with Crippen LogP contribution in [0.25, 0.3) is 0 Å². The molecule has 0 saturated carbocycles. The predicted molar refractivity (Wildman–Crippen MR) is 118 cm³/mol. The summed E-state index contributed by atoms with van der Waals surface area (Å²) in [4.78, 5) is 11.4. The lowest BCUT2D eigenvalue weighted by atomic mass is 9.92. The fraction of sp³-hybridized carbons (Fsp3) is 0.455. The summed E-state index contributed by atoms with van der Waals surface area (Å²) < 4.78 is 30.5. The molecule has 2 aliphatic heterocycles. The van der Waals surface area contributed by atoms with Gasteiger partial charge in [-0.2, -0.15) is 0 Å². The van der Waals surface area contributed by atoms with Crippen molar-refractivity contribution in [3.63, 3.8) is 0 Å². The van der Waals surface area contributed by atoms with Crippen molar-refractivity contribution in [1.29, 1.82) is 0 Å². The van der Waals surface area contributed by atoms with E-state index >= 15 is 0 Å². The number of fused-ring (bicyclic) bond motifs is 1. The van der Waals surface area contributed by atoms with Crippen molar-refractivity contribution in [1.82, 2.24) is 10.2 Å². The van der Waals surface area contributed by atoms with E-state index in [9.17, 15) is 4.39 Å². The average Bonchev–Trinajstić information content (AvgIpc) is 2.79. The highest BCUT2D eigenvalue weighted by atomic mass is 35.5. The fourth-order valence-corrected chi connectivity index (χ4v) is 3.93. The number of halogens is 2. The Hall–Kier alpha value is -2.42. The van der Waals surface area contributed by atoms with E-state index in [0.29, 0.717) is 30.3 Å². The third-order valence-electron chi connectivity index (χ3n) is 5.43. The average molecular weight is 449 g/mol. The van der Waals surface area contributed by atoms with Crippen LogP contribution >= 0.6 is 11.6 Å². The zero-order chi connectivity index (χ0) is 21.6. The van der Waals surface area contributed by atoms with Gasteiger partial charge in [0, 0.05) is 37.8 Å². The van der Waals surface area contributed by atoms with E-state index in [1.54, 1.807) is 19.5 Å². The van der Waals surface area contributed by atoms with Gasteiger partial charge < -0.3 is 19.5 Å². The molecular weight excluding hydrogens is 423 g/mol. The van der Waals surface area contributed by atoms with Gasteiger partial charge in [0.15, 0.2) is 5.76 Å². The number of hydrogen-bond acceptors (Lipinski definition) is 6. The summed E-state index contributed by atoms with van der Waals surface area (Å²) in [6, 6.07) is 4.38. The molecule has 4 rings (SSSR count). The number of benzene rings is 1. The second-order valence-corrected chi connectivity index (χ2v) is 7.88. The summed E-state index contributed by atoms with van der Waals surface area (Å²) in [6.45, 7) is 5.11. The predicted octanol–water partition coefficient (Wildman–Crippen LogP) is 3.64. The maximum absolute atomic E-state index is 13.5. The number of aliphatic imine (C=N–C) groups is 2. The van der Waals surface area contributed by atoms with E-state index in [4.69, 9.17) is 25.8 Å². The van der Waals surface area contributed by atoms with Gasteiger partial charge >= 0.3 is 0 Å². The number of methoxy groups -OCH3 is 1. The third-order valence-corrected chi connectivity index (χ3v) is 5.72. The molecule has 1 fully saturated rings. The Bertz CT molecular complexity index is 925. The van der Waals surface area contributed by atoms with Crippen molar-refractivity contribution in [2.24, 2.45) is 15.9 Å². The summed E-state index contributed by atoms with van der Waals surface area (Å²) in [6.07, 6.45) is 5.01. The van der Waals surface area contributed by atoms with Gasteiger partial charge in [-0.15, -0.1) is 0 Å². The molecule has 1 aromatic carbocycles. The van der Waals surface area contributed by atoms with Crippen molar-refractivity contribution in [3.05, 3.63) is 52.3 Å². The van der Waals surface area contributed by atoms with E-state index in [2.05, 4.69) is 20.2 Å². The maximum Gasteiger partial charge on any atom is 0.158 e. The number of allylic oxidation sites excluding steroid dienone is 2. The lowest BCUT2D eigenvalue weighted by molar-refractivity contribution is 0.0338. The van der Waals surface area contributed by atoms with E-state index in [1.165, 1.54) is 12.1 Å². The van der Waals surface area contributed by atoms with Crippen molar-refractivity contribution >= 4 is 29.5 Å². The minimum atomic E-state index is -0.474. The van der Waals surface area contributed by atoms with Gasteiger partial charge in [-0.25, -0.2) is 14.4 Å². The molecule has 9 heteroatoms. The van der Waals surface area contributed by atoms with E-state index in [1.807, 2.05) is 6.08 Å². The maximum atomic E-state index is 13.5. The molecule has 1 atom stereocenters. The number of amidine groups is 1. The van der Waals surface area contributed by atoms with E-state index < -0.39 is 5.82 Å². The molecule has 0 spiro atoms. The van der Waals surface area contributed by atoms with Crippen LogP contribution in [0, 0.1) is 11.7 Å². The summed E-state index contributed by atoms with van der Waals surface area (Å²) in [5.74, 6) is 1.50. The third kappa shape index (κ3) is 5.44. The smallest absolute Gasteiger partial charge is 0.158 e. The van der Waals surface area contributed by atoms with Crippen LogP contribution < -0.4 is 5.32 Å². The topological polar surface area (TPSA) is 67.7 Å². The molecule has 0 amide bonds. The molecule has 31 heavy (non-hydrogen) atoms. The van der Waals surface area contributed by atoms with Gasteiger partial charge in [-0.1, -0.05) is 11.6 Å². The molecule has 0 aromatic heterocycles. The first-order valence-electron chi connectivity index (χ1n) is 10.4. The molecule has 1 aliphatic carbocycles. The minimum absolute atomic E-state index is 0.0324. The monoisotopic (exact) mass is 448 g/mol. The van der Waals surface area contributed by atoms with Crippen LogP contribution in [0.1, 0.15) is 12.8 Å². The van der Waals surface area contributed by atoms with Crippen LogP contribution in [-0.4, -0.2) is 63.6 Å². The first-order chi connectivity index (χ1) is 15.1. The molecular formula is C22H26ClFN4O3. The molecule has 166 valence electrons. The van der Waals surface area contributed by atoms with E-state index in [-0.39, 0.29) is 10.9 Å². The number of morpholine rings is 1. The summed E-state index contributed by atoms with van der Waals surface area (Å²) in [5.41, 5.74) is 1.48. The van der Waals surface area contributed by atoms with Crippen LogP contribution in [0.15, 0.2) is 51.5 Å². The standard InChI is InChI=1S/C22H26ClFN4O3/c1-29-20-13-19-16(12-21(20)31-8-2-5-28-6-9-30-10-7-28)22(26-14-25-19)27-15-3-4-18(24)17(23)11-15/h3-4,11,13-14,16H,2,5-10,12H2,1H3,(H,25,26,27). The first kappa shape index (κ1) is 21.8. The Morgan fingerprint density at radius 2 is 2.19 bits per heavy atom. The van der Waals surface area contributed by atoms with Gasteiger partial charge in [0.25, 0.3) is 0 Å². The normalized spacial score (nSPS) is 22.7. The molecule has 1 N–H and O–H groups in total. The SMILES string of the molecule is COC1=C(OCCCN2CCOCC2)CC2C(=C1)NC=NC2=Nc1ccc(F)c(Cl)c1. The largest absolute Gasteiger partial charge is 0.494 e. The van der Waals surface area contributed by atoms with Gasteiger partial charge in [0.2, 0.25) is 0 Å². The highest BCUT2D eigenvalue weighted by molar-refractivity contribution is 6.31. The van der Waals surface area contributed by atoms with Crippen molar-refractivity contribution < 1.29 is 18.6 Å². The quantitative estimate of drug-likeness (QED) is 0.645. The molecule has 0 bridgehead atoms. The van der Waals surface area contributed by atoms with E-state index in [0.717, 1.165) is 50.7 Å². The molecule has 3 aliphatic rings. The van der Waals surface area contributed by atoms with Crippen LogP contribution in [-0.2, 0) is 14.2 Å². The Morgan fingerprint density at radius 1 is 1.35 bits per heavy atom. The molecule has 0 radical (unpaired) electrons. The minimum Gasteiger partial charge on any atom is -0.494 e. The molecule has 1 saturated heterocycles. The first-order valence-corrected chi connectivity index (χ1v) is 10.8. The van der Waals surface area contributed by atoms with Crippen LogP contribution in [0.2, 0.25) is 5.02 Å². The number of rotatable bonds is 7. The van der Waals surface area contributed by atoms with Gasteiger partial charge in [-0.05, 0) is 24.6 Å². The Labute approximate surface area is 186 Å². The summed E-state index contributed by atoms with van der Waals surface area (Å²) in [7, 11) is 1.64. The fourth-order valence-electron chi connectivity index (χ4n) is 3.76. The zero-order valence-corrected chi connectivity index (χ0v) is 18.2. The van der Waals surface area contributed by atoms with Gasteiger partial charge in [0.05, 0.1) is 49.9 Å². The highest BCUT2D eigenvalue weighted by Crippen LogP contribution is 2.33. The van der Waals surface area contributed by atoms with Crippen molar-refractivity contribution in [3.8, 4) is 0 Å². The number of nitrogens with one attached hydrogen (secondary N) is 1. The molecule has 7 nitrogen and oxygen atoms in total. The lowest BCUT2D eigenvalue weighted by Crippen LogP contribution is -2.37. The second kappa shape index (κ2) is 10.3. The van der Waals surface area contributed by atoms with Crippen molar-refractivity contribution in [2.75, 3.05) is 46.6 Å². The zero-order valence-electron chi connectivity index (χ0n) is 17.4. The van der Waals surface area contributed by atoms with Crippen LogP contribution in [0.4, 0.5) is 10.1 Å². The van der Waals surface area contributed by atoms with Crippen molar-refractivity contribution in [2.45, 2.75) is 12.8 Å². The van der Waals surface area contributed by atoms with Gasteiger partial charge in [0.1, 0.15) is 17.4 Å². The Kier molecular flexibility index (Phi) is 7.21. The Morgan fingerprint density at radius 3 is 2.97 bits per heavy atom. The van der Waals surface area contributed by atoms with Crippen LogP contribution in [0.5, 0.6) is 0 Å². The molecule has 1 unspecified atom stereocenters. The van der Waals surface area contributed by atoms with Crippen LogP contribution in [0.3, 0.4) is 0 Å². The summed E-state index contributed by atoms with van der Waals surface area (Å²) >= 11 is 5.90. The summed E-state index contributed by atoms with van der Waals surface area (Å²) in [5, 5.41) is 3.20.